The fraction of sp³-hybridized carbons (Fsp3) is 0.429. The maximum absolute atomic E-state index is 8.53. The van der Waals surface area contributed by atoms with Crippen molar-refractivity contribution in [3.8, 4) is 5.75 Å². The molecule has 1 aromatic rings. The lowest BCUT2D eigenvalue weighted by Gasteiger charge is -2.04. The molecule has 1 rings (SSSR count). The molecule has 3 heteroatoms. The number of allylic oxidation sites excluding steroid dienone is 1. The van der Waals surface area contributed by atoms with Gasteiger partial charge in [-0.1, -0.05) is 24.3 Å². The molecule has 0 aromatic heterocycles. The summed E-state index contributed by atoms with van der Waals surface area (Å²) in [6.07, 6.45) is 5.65. The van der Waals surface area contributed by atoms with Gasteiger partial charge in [-0.05, 0) is 30.5 Å². The Morgan fingerprint density at radius 1 is 1.18 bits per heavy atom. The molecule has 1 N–H and O–H groups in total. The van der Waals surface area contributed by atoms with Gasteiger partial charge in [-0.2, -0.15) is 0 Å². The maximum Gasteiger partial charge on any atom is 0.118 e. The van der Waals surface area contributed by atoms with Gasteiger partial charge >= 0.3 is 0 Å². The van der Waals surface area contributed by atoms with Gasteiger partial charge in [-0.15, -0.1) is 0 Å². The summed E-state index contributed by atoms with van der Waals surface area (Å²) >= 11 is 0. The number of hydrogen-bond acceptors (Lipinski definition) is 3. The average Bonchev–Trinajstić information content (AvgIpc) is 2.38. The third-order valence-electron chi connectivity index (χ3n) is 2.36. The fourth-order valence-electron chi connectivity index (χ4n) is 1.41. The topological polar surface area (TPSA) is 38.7 Å². The Kier molecular flexibility index (Phi) is 7.11. The SMILES string of the molecule is COc1ccc(COCCCC=CCO)cc1. The second kappa shape index (κ2) is 8.79. The van der Waals surface area contributed by atoms with Crippen molar-refractivity contribution in [2.24, 2.45) is 0 Å². The minimum atomic E-state index is 0.118. The highest BCUT2D eigenvalue weighted by Crippen LogP contribution is 2.11. The highest BCUT2D eigenvalue weighted by atomic mass is 16.5. The van der Waals surface area contributed by atoms with Gasteiger partial charge in [0, 0.05) is 6.61 Å². The molecule has 0 unspecified atom stereocenters. The molecular formula is C14H20O3. The molecule has 0 aliphatic heterocycles. The Bertz CT molecular complexity index is 317. The highest BCUT2D eigenvalue weighted by Gasteiger charge is 1.94. The zero-order chi connectivity index (χ0) is 12.3. The smallest absolute Gasteiger partial charge is 0.118 e. The van der Waals surface area contributed by atoms with Gasteiger partial charge in [0.25, 0.3) is 0 Å². The zero-order valence-electron chi connectivity index (χ0n) is 10.3. The number of methoxy groups -OCH3 is 1. The van der Waals surface area contributed by atoms with Crippen LogP contribution in [0.2, 0.25) is 0 Å². The number of rotatable bonds is 8. The van der Waals surface area contributed by atoms with Crippen LogP contribution in [0, 0.1) is 0 Å². The number of aliphatic hydroxyl groups excluding tert-OH is 1. The largest absolute Gasteiger partial charge is 0.497 e. The zero-order valence-corrected chi connectivity index (χ0v) is 10.3. The van der Waals surface area contributed by atoms with E-state index in [1.807, 2.05) is 30.3 Å². The summed E-state index contributed by atoms with van der Waals surface area (Å²) in [5.41, 5.74) is 1.15. The van der Waals surface area contributed by atoms with Gasteiger partial charge in [0.15, 0.2) is 0 Å². The van der Waals surface area contributed by atoms with Crippen LogP contribution in [0.5, 0.6) is 5.75 Å². The third-order valence-corrected chi connectivity index (χ3v) is 2.36. The Morgan fingerprint density at radius 2 is 1.94 bits per heavy atom. The highest BCUT2D eigenvalue weighted by molar-refractivity contribution is 5.26. The second-order valence-corrected chi connectivity index (χ2v) is 3.70. The van der Waals surface area contributed by atoms with Crippen molar-refractivity contribution < 1.29 is 14.6 Å². The lowest BCUT2D eigenvalue weighted by Crippen LogP contribution is -1.95. The molecule has 0 heterocycles. The molecule has 0 aliphatic carbocycles. The van der Waals surface area contributed by atoms with Crippen molar-refractivity contribution in [3.63, 3.8) is 0 Å². The van der Waals surface area contributed by atoms with Crippen molar-refractivity contribution in [1.82, 2.24) is 0 Å². The van der Waals surface area contributed by atoms with Crippen LogP contribution in [-0.2, 0) is 11.3 Å². The lowest BCUT2D eigenvalue weighted by molar-refractivity contribution is 0.119. The first-order valence-corrected chi connectivity index (χ1v) is 5.83. The molecular weight excluding hydrogens is 216 g/mol. The van der Waals surface area contributed by atoms with Crippen LogP contribution >= 0.6 is 0 Å². The van der Waals surface area contributed by atoms with E-state index in [0.717, 1.165) is 30.8 Å². The summed E-state index contributed by atoms with van der Waals surface area (Å²) in [5.74, 6) is 0.864. The quantitative estimate of drug-likeness (QED) is 0.557. The molecule has 0 atom stereocenters. The monoisotopic (exact) mass is 236 g/mol. The van der Waals surface area contributed by atoms with E-state index in [1.165, 1.54) is 0 Å². The first kappa shape index (κ1) is 13.7. The van der Waals surface area contributed by atoms with Crippen LogP contribution in [0.3, 0.4) is 0 Å². The summed E-state index contributed by atoms with van der Waals surface area (Å²) in [7, 11) is 1.66. The van der Waals surface area contributed by atoms with Crippen LogP contribution in [0.25, 0.3) is 0 Å². The predicted molar refractivity (Wildman–Crippen MR) is 68.1 cm³/mol. The van der Waals surface area contributed by atoms with Crippen LogP contribution < -0.4 is 4.74 Å². The Hall–Kier alpha value is -1.32. The molecule has 94 valence electrons. The number of aliphatic hydroxyl groups is 1. The molecule has 0 fully saturated rings. The minimum absolute atomic E-state index is 0.118. The molecule has 3 nitrogen and oxygen atoms in total. The van der Waals surface area contributed by atoms with E-state index in [9.17, 15) is 0 Å². The van der Waals surface area contributed by atoms with Gasteiger partial charge in [0.2, 0.25) is 0 Å². The fourth-order valence-corrected chi connectivity index (χ4v) is 1.41. The Labute approximate surface area is 103 Å². The number of hydrogen-bond donors (Lipinski definition) is 1. The first-order chi connectivity index (χ1) is 8.36. The van der Waals surface area contributed by atoms with Gasteiger partial charge < -0.3 is 14.6 Å². The minimum Gasteiger partial charge on any atom is -0.497 e. The average molecular weight is 236 g/mol. The first-order valence-electron chi connectivity index (χ1n) is 5.83. The van der Waals surface area contributed by atoms with E-state index in [1.54, 1.807) is 13.2 Å². The van der Waals surface area contributed by atoms with Crippen molar-refractivity contribution in [2.75, 3.05) is 20.3 Å². The predicted octanol–water partition coefficient (Wildman–Crippen LogP) is 2.54. The van der Waals surface area contributed by atoms with Crippen molar-refractivity contribution >= 4 is 0 Å². The molecule has 0 spiro atoms. The van der Waals surface area contributed by atoms with Crippen LogP contribution in [0.15, 0.2) is 36.4 Å². The van der Waals surface area contributed by atoms with Gasteiger partial charge in [0.1, 0.15) is 5.75 Å². The second-order valence-electron chi connectivity index (χ2n) is 3.70. The normalized spacial score (nSPS) is 10.9. The lowest BCUT2D eigenvalue weighted by atomic mass is 10.2. The maximum atomic E-state index is 8.53. The van der Waals surface area contributed by atoms with Gasteiger partial charge in [0.05, 0.1) is 20.3 Å². The summed E-state index contributed by atoms with van der Waals surface area (Å²) in [5, 5.41) is 8.53. The van der Waals surface area contributed by atoms with Crippen LogP contribution in [-0.4, -0.2) is 25.4 Å². The molecule has 17 heavy (non-hydrogen) atoms. The summed E-state index contributed by atoms with van der Waals surface area (Å²) < 4.78 is 10.6. The number of unbranched alkanes of at least 4 members (excludes halogenated alkanes) is 1. The third kappa shape index (κ3) is 6.09. The van der Waals surface area contributed by atoms with Crippen LogP contribution in [0.4, 0.5) is 0 Å². The molecule has 0 radical (unpaired) electrons. The Morgan fingerprint density at radius 3 is 2.59 bits per heavy atom. The van der Waals surface area contributed by atoms with E-state index in [-0.39, 0.29) is 6.61 Å². The van der Waals surface area contributed by atoms with Crippen molar-refractivity contribution in [3.05, 3.63) is 42.0 Å². The van der Waals surface area contributed by atoms with Crippen molar-refractivity contribution in [1.29, 1.82) is 0 Å². The van der Waals surface area contributed by atoms with E-state index in [4.69, 9.17) is 14.6 Å². The van der Waals surface area contributed by atoms with E-state index >= 15 is 0 Å². The van der Waals surface area contributed by atoms with E-state index < -0.39 is 0 Å². The summed E-state index contributed by atoms with van der Waals surface area (Å²) in [6.45, 7) is 1.49. The molecule has 0 amide bonds. The summed E-state index contributed by atoms with van der Waals surface area (Å²) in [6, 6.07) is 7.88. The molecule has 0 saturated heterocycles. The molecule has 0 saturated carbocycles. The molecule has 0 aliphatic rings. The van der Waals surface area contributed by atoms with E-state index in [2.05, 4.69) is 0 Å². The van der Waals surface area contributed by atoms with E-state index in [0.29, 0.717) is 6.61 Å². The number of benzene rings is 1. The number of ether oxygens (including phenoxy) is 2. The van der Waals surface area contributed by atoms with Gasteiger partial charge in [-0.25, -0.2) is 0 Å². The summed E-state index contributed by atoms with van der Waals surface area (Å²) in [4.78, 5) is 0. The standard InChI is InChI=1S/C14H20O3/c1-16-14-8-6-13(7-9-14)12-17-11-5-3-2-4-10-15/h2,4,6-9,15H,3,5,10-12H2,1H3. The molecule has 0 bridgehead atoms. The van der Waals surface area contributed by atoms with Crippen molar-refractivity contribution in [2.45, 2.75) is 19.4 Å². The Balaban J connectivity index is 2.11. The van der Waals surface area contributed by atoms with Crippen LogP contribution in [0.1, 0.15) is 18.4 Å². The molecule has 1 aromatic carbocycles. The van der Waals surface area contributed by atoms with Gasteiger partial charge in [-0.3, -0.25) is 0 Å².